The Hall–Kier alpha value is -4.07. The van der Waals surface area contributed by atoms with Gasteiger partial charge in [0.1, 0.15) is 17.9 Å². The predicted octanol–water partition coefficient (Wildman–Crippen LogP) is 4.39. The third-order valence-corrected chi connectivity index (χ3v) is 12.8. The summed E-state index contributed by atoms with van der Waals surface area (Å²) in [5, 5.41) is 29.6. The molecule has 4 N–H and O–H groups in total. The van der Waals surface area contributed by atoms with Crippen LogP contribution in [0.2, 0.25) is 0 Å². The number of likely N-dealkylation sites (N-methyl/N-ethyl adjacent to an activating group) is 1. The Labute approximate surface area is 332 Å². The molecule has 3 aromatic rings. The Balaban J connectivity index is 1.28. The molecule has 12 heteroatoms. The highest BCUT2D eigenvalue weighted by Crippen LogP contribution is 2.61. The number of hydrogen-bond acceptors (Lipinski definition) is 10. The number of aliphatic hydroxyl groups is 2. The summed E-state index contributed by atoms with van der Waals surface area (Å²) in [6.45, 7) is 9.01. The molecule has 0 unspecified atom stereocenters. The molecular weight excluding hydrogens is 709 g/mol. The van der Waals surface area contributed by atoms with Gasteiger partial charge in [0.25, 0.3) is 5.91 Å². The number of benzene rings is 2. The van der Waals surface area contributed by atoms with Crippen molar-refractivity contribution in [2.24, 2.45) is 29.1 Å². The number of nitrogens with one attached hydrogen (secondary N) is 2. The van der Waals surface area contributed by atoms with Gasteiger partial charge < -0.3 is 35.4 Å². The molecular formula is C44H62N6O6. The number of methoxy groups -OCH3 is 1. The fourth-order valence-corrected chi connectivity index (χ4v) is 9.63. The number of ether oxygens (including phenoxy) is 1. The molecule has 4 fully saturated rings. The molecule has 2 bridgehead atoms. The molecule has 12 nitrogen and oxygen atoms in total. The lowest BCUT2D eigenvalue weighted by molar-refractivity contribution is -0.183. The van der Waals surface area contributed by atoms with Crippen molar-refractivity contribution in [1.29, 1.82) is 0 Å². The Morgan fingerprint density at radius 3 is 2.46 bits per heavy atom. The zero-order valence-electron chi connectivity index (χ0n) is 34.5. The second-order valence-corrected chi connectivity index (χ2v) is 17.4. The lowest BCUT2D eigenvalue weighted by Crippen LogP contribution is -2.62. The first-order valence-corrected chi connectivity index (χ1v) is 20.0. The molecule has 1 saturated heterocycles. The van der Waals surface area contributed by atoms with Crippen LogP contribution in [0.4, 0.5) is 5.69 Å². The second-order valence-electron chi connectivity index (χ2n) is 17.4. The summed E-state index contributed by atoms with van der Waals surface area (Å²) in [6, 6.07) is 16.4. The van der Waals surface area contributed by atoms with Crippen molar-refractivity contribution in [3.63, 3.8) is 0 Å². The molecule has 3 saturated carbocycles. The highest BCUT2D eigenvalue weighted by atomic mass is 16.7. The monoisotopic (exact) mass is 770 g/mol. The minimum atomic E-state index is -0.906. The van der Waals surface area contributed by atoms with Crippen molar-refractivity contribution in [1.82, 2.24) is 25.6 Å². The predicted molar refractivity (Wildman–Crippen MR) is 218 cm³/mol. The molecule has 0 spiro atoms. The van der Waals surface area contributed by atoms with Crippen LogP contribution in [0.5, 0.6) is 5.75 Å². The maximum atomic E-state index is 14.3. The zero-order valence-corrected chi connectivity index (χ0v) is 34.5. The number of rotatable bonds is 15. The first kappa shape index (κ1) is 41.6. The minimum Gasteiger partial charge on any atom is -0.496 e. The summed E-state index contributed by atoms with van der Waals surface area (Å²) in [5.74, 6) is 0.972. The summed E-state index contributed by atoms with van der Waals surface area (Å²) in [7, 11) is 9.45. The fourth-order valence-electron chi connectivity index (χ4n) is 9.63. The Morgan fingerprint density at radius 2 is 1.86 bits per heavy atom. The third-order valence-electron chi connectivity index (χ3n) is 12.8. The van der Waals surface area contributed by atoms with Crippen LogP contribution in [0.3, 0.4) is 0 Å². The maximum Gasteiger partial charge on any atom is 0.251 e. The smallest absolute Gasteiger partial charge is 0.251 e. The summed E-state index contributed by atoms with van der Waals surface area (Å²) < 4.78 is 6.10. The van der Waals surface area contributed by atoms with E-state index in [-0.39, 0.29) is 42.5 Å². The molecule has 4 aliphatic rings. The van der Waals surface area contributed by atoms with Crippen LogP contribution in [0, 0.1) is 29.1 Å². The number of para-hydroxylation sites is 1. The van der Waals surface area contributed by atoms with E-state index in [1.165, 1.54) is 6.42 Å². The third kappa shape index (κ3) is 8.60. The first-order chi connectivity index (χ1) is 26.6. The molecule has 2 heterocycles. The van der Waals surface area contributed by atoms with Crippen molar-refractivity contribution < 1.29 is 29.4 Å². The lowest BCUT2D eigenvalue weighted by atomic mass is 9.45. The Bertz CT molecular complexity index is 1840. The largest absolute Gasteiger partial charge is 0.496 e. The summed E-state index contributed by atoms with van der Waals surface area (Å²) in [4.78, 5) is 43.1. The molecule has 7 rings (SSSR count). The number of aliphatic hydroxyl groups excluding tert-OH is 2. The fraction of sp³-hybridized carbons (Fsp3) is 0.568. The van der Waals surface area contributed by atoms with Gasteiger partial charge in [-0.2, -0.15) is 5.06 Å². The van der Waals surface area contributed by atoms with Gasteiger partial charge in [-0.05, 0) is 92.9 Å². The standard InChI is InChI=1S/C44H62N6O6/c1-26-36-20-31(44(36,3)4)21-37(26)47-43(54)40-39(27(2)52)38(25-51)56-50(40)23-28-13-12-15-35(41(28)55-9)29-17-30(19-34(18-29)49(7)8)42(53)46-33(24-48(5)6)22-32-14-10-11-16-45-32/h10-19,26-27,31,33,36-40,51-52H,20-25H2,1-9H3,(H,46,53)(H,47,54)/t26-,27-,31+,33+,36-,37-,38-,39-,40-/m0/s1. The average Bonchev–Trinajstić information content (AvgIpc) is 3.53. The molecule has 304 valence electrons. The molecule has 0 radical (unpaired) electrons. The van der Waals surface area contributed by atoms with Gasteiger partial charge in [0.05, 0.1) is 26.4 Å². The van der Waals surface area contributed by atoms with Crippen LogP contribution < -0.4 is 20.3 Å². The summed E-state index contributed by atoms with van der Waals surface area (Å²) >= 11 is 0. The van der Waals surface area contributed by atoms with Crippen molar-refractivity contribution in [2.75, 3.05) is 53.4 Å². The molecule has 3 aliphatic carbocycles. The number of fused-ring (bicyclic) bond motifs is 2. The van der Waals surface area contributed by atoms with Gasteiger partial charge in [0.15, 0.2) is 0 Å². The number of aromatic nitrogens is 1. The van der Waals surface area contributed by atoms with Crippen molar-refractivity contribution in [2.45, 2.75) is 83.8 Å². The van der Waals surface area contributed by atoms with E-state index in [0.717, 1.165) is 34.5 Å². The van der Waals surface area contributed by atoms with Gasteiger partial charge in [0.2, 0.25) is 5.91 Å². The number of amides is 2. The van der Waals surface area contributed by atoms with E-state index in [1.54, 1.807) is 25.3 Å². The van der Waals surface area contributed by atoms with E-state index in [2.05, 4.69) is 41.3 Å². The number of hydrogen-bond donors (Lipinski definition) is 4. The molecule has 2 amide bonds. The van der Waals surface area contributed by atoms with Crippen LogP contribution in [-0.2, 0) is 22.6 Å². The van der Waals surface area contributed by atoms with Crippen LogP contribution in [-0.4, -0.2) is 116 Å². The topological polar surface area (TPSA) is 140 Å². The highest BCUT2D eigenvalue weighted by Gasteiger charge is 2.57. The number of carbonyl (C=O) groups excluding carboxylic acids is 2. The van der Waals surface area contributed by atoms with Gasteiger partial charge in [-0.1, -0.05) is 45.0 Å². The average molecular weight is 771 g/mol. The maximum absolute atomic E-state index is 14.3. The van der Waals surface area contributed by atoms with E-state index in [0.29, 0.717) is 42.0 Å². The molecule has 1 aromatic heterocycles. The number of carbonyl (C=O) groups is 2. The quantitative estimate of drug-likeness (QED) is 0.176. The van der Waals surface area contributed by atoms with Crippen molar-refractivity contribution in [3.05, 3.63) is 77.6 Å². The van der Waals surface area contributed by atoms with E-state index < -0.39 is 24.2 Å². The summed E-state index contributed by atoms with van der Waals surface area (Å²) in [6.07, 6.45) is 2.81. The Morgan fingerprint density at radius 1 is 1.09 bits per heavy atom. The molecule has 2 aromatic carbocycles. The SMILES string of the molecule is COc1c(CN2O[C@@H](CO)[C@H]([C@H](C)O)[C@H]2C(=O)N[C@H]2C[C@H]3C[C@@H]([C@@H]2C)C3(C)C)cccc1-c1cc(C(=O)N[C@H](Cc2ccccn2)CN(C)C)cc(N(C)C)c1. The highest BCUT2D eigenvalue weighted by molar-refractivity contribution is 5.97. The second kappa shape index (κ2) is 17.2. The normalized spacial score (nSPS) is 26.6. The zero-order chi connectivity index (χ0) is 40.5. The van der Waals surface area contributed by atoms with Gasteiger partial charge >= 0.3 is 0 Å². The first-order valence-electron chi connectivity index (χ1n) is 20.0. The van der Waals surface area contributed by atoms with E-state index in [1.807, 2.05) is 87.7 Å². The lowest BCUT2D eigenvalue weighted by Gasteiger charge is -2.62. The van der Waals surface area contributed by atoms with Gasteiger partial charge in [-0.3, -0.25) is 19.4 Å². The van der Waals surface area contributed by atoms with E-state index in [9.17, 15) is 19.8 Å². The number of nitrogens with zero attached hydrogens (tertiary/aromatic N) is 4. The van der Waals surface area contributed by atoms with Crippen LogP contribution >= 0.6 is 0 Å². The minimum absolute atomic E-state index is 0.0327. The number of anilines is 1. The van der Waals surface area contributed by atoms with Gasteiger partial charge in [-0.15, -0.1) is 0 Å². The number of pyridine rings is 1. The van der Waals surface area contributed by atoms with Gasteiger partial charge in [0, 0.05) is 79.3 Å². The van der Waals surface area contributed by atoms with Crippen molar-refractivity contribution >= 4 is 17.5 Å². The van der Waals surface area contributed by atoms with E-state index in [4.69, 9.17) is 9.57 Å². The van der Waals surface area contributed by atoms with Crippen LogP contribution in [0.1, 0.15) is 62.2 Å². The van der Waals surface area contributed by atoms with Crippen LogP contribution in [0.25, 0.3) is 11.1 Å². The molecule has 9 atom stereocenters. The van der Waals surface area contributed by atoms with E-state index >= 15 is 0 Å². The van der Waals surface area contributed by atoms with Crippen molar-refractivity contribution in [3.8, 4) is 16.9 Å². The molecule has 1 aliphatic heterocycles. The van der Waals surface area contributed by atoms with Gasteiger partial charge in [-0.25, -0.2) is 0 Å². The number of hydroxylamine groups is 2. The molecule has 56 heavy (non-hydrogen) atoms. The van der Waals surface area contributed by atoms with Crippen LogP contribution in [0.15, 0.2) is 60.8 Å². The Kier molecular flexibility index (Phi) is 12.8. The summed E-state index contributed by atoms with van der Waals surface area (Å²) in [5.41, 5.74) is 4.84.